The first kappa shape index (κ1) is 22.4. The lowest BCUT2D eigenvalue weighted by atomic mass is 10.2. The molecular formula is C21H16BrCl4NO2. The fourth-order valence-corrected chi connectivity index (χ4v) is 4.07. The van der Waals surface area contributed by atoms with Gasteiger partial charge in [-0.2, -0.15) is 0 Å². The van der Waals surface area contributed by atoms with Crippen molar-refractivity contribution in [1.82, 2.24) is 0 Å². The van der Waals surface area contributed by atoms with Gasteiger partial charge in [0.1, 0.15) is 6.61 Å². The van der Waals surface area contributed by atoms with Crippen LogP contribution in [0.15, 0.2) is 53.0 Å². The van der Waals surface area contributed by atoms with Crippen LogP contribution in [0.4, 0.5) is 5.69 Å². The van der Waals surface area contributed by atoms with Gasteiger partial charge in [0.25, 0.3) is 0 Å². The molecule has 3 rings (SSSR count). The number of halogens is 5. The Morgan fingerprint density at radius 2 is 1.62 bits per heavy atom. The molecule has 3 nitrogen and oxygen atoms in total. The molecule has 0 saturated carbocycles. The van der Waals surface area contributed by atoms with Gasteiger partial charge in [0.05, 0.1) is 17.8 Å². The van der Waals surface area contributed by atoms with Crippen molar-refractivity contribution in [1.29, 1.82) is 0 Å². The van der Waals surface area contributed by atoms with Gasteiger partial charge < -0.3 is 14.8 Å². The van der Waals surface area contributed by atoms with Gasteiger partial charge in [0.2, 0.25) is 0 Å². The molecule has 29 heavy (non-hydrogen) atoms. The third-order valence-corrected chi connectivity index (χ3v) is 6.16. The Hall–Kier alpha value is -1.30. The molecule has 0 bridgehead atoms. The van der Waals surface area contributed by atoms with Crippen molar-refractivity contribution in [2.45, 2.75) is 13.2 Å². The maximum Gasteiger partial charge on any atom is 0.162 e. The highest BCUT2D eigenvalue weighted by atomic mass is 79.9. The first-order valence-electron chi connectivity index (χ1n) is 8.50. The average molecular weight is 536 g/mol. The predicted octanol–water partition coefficient (Wildman–Crippen LogP) is 8.26. The van der Waals surface area contributed by atoms with E-state index < -0.39 is 0 Å². The first-order chi connectivity index (χ1) is 13.9. The summed E-state index contributed by atoms with van der Waals surface area (Å²) in [6, 6.07) is 14.4. The van der Waals surface area contributed by atoms with Gasteiger partial charge in [-0.15, -0.1) is 0 Å². The molecule has 0 amide bonds. The molecular weight excluding hydrogens is 520 g/mol. The van der Waals surface area contributed by atoms with Crippen LogP contribution in [0.5, 0.6) is 11.5 Å². The number of anilines is 1. The quantitative estimate of drug-likeness (QED) is 0.330. The molecule has 3 aromatic carbocycles. The number of ether oxygens (including phenoxy) is 2. The topological polar surface area (TPSA) is 30.5 Å². The Bertz CT molecular complexity index is 1010. The van der Waals surface area contributed by atoms with Crippen molar-refractivity contribution in [3.05, 3.63) is 84.2 Å². The molecule has 0 aromatic heterocycles. The molecule has 0 heterocycles. The summed E-state index contributed by atoms with van der Waals surface area (Å²) in [7, 11) is 1.59. The summed E-state index contributed by atoms with van der Waals surface area (Å²) in [5, 5.41) is 5.53. The zero-order valence-electron chi connectivity index (χ0n) is 15.2. The van der Waals surface area contributed by atoms with Gasteiger partial charge >= 0.3 is 0 Å². The van der Waals surface area contributed by atoms with Gasteiger partial charge in [-0.1, -0.05) is 68.4 Å². The highest BCUT2D eigenvalue weighted by molar-refractivity contribution is 9.10. The van der Waals surface area contributed by atoms with E-state index in [0.29, 0.717) is 38.1 Å². The highest BCUT2D eigenvalue weighted by Gasteiger charge is 2.13. The maximum absolute atomic E-state index is 6.22. The summed E-state index contributed by atoms with van der Waals surface area (Å²) in [5.74, 6) is 1.17. The van der Waals surface area contributed by atoms with Crippen molar-refractivity contribution in [2.75, 3.05) is 12.4 Å². The summed E-state index contributed by atoms with van der Waals surface area (Å²) < 4.78 is 12.3. The Labute approximate surface area is 197 Å². The molecule has 152 valence electrons. The highest BCUT2D eigenvalue weighted by Crippen LogP contribution is 2.36. The molecule has 0 radical (unpaired) electrons. The standard InChI is InChI=1S/C21H16BrCl4NO2/c1-28-20-7-12(10-27-19-6-5-13(23)8-18(19)26)15(22)9-21(20)29-11-14-16(24)3-2-4-17(14)25/h2-9,27H,10-11H2,1H3. The summed E-state index contributed by atoms with van der Waals surface area (Å²) in [4.78, 5) is 0. The number of hydrogen-bond donors (Lipinski definition) is 1. The van der Waals surface area contributed by atoms with E-state index in [4.69, 9.17) is 55.9 Å². The van der Waals surface area contributed by atoms with Crippen molar-refractivity contribution >= 4 is 68.0 Å². The lowest BCUT2D eigenvalue weighted by Gasteiger charge is -2.16. The summed E-state index contributed by atoms with van der Waals surface area (Å²) in [6.07, 6.45) is 0. The second-order valence-electron chi connectivity index (χ2n) is 6.06. The minimum Gasteiger partial charge on any atom is -0.493 e. The van der Waals surface area contributed by atoms with Crippen LogP contribution < -0.4 is 14.8 Å². The van der Waals surface area contributed by atoms with Crippen LogP contribution in [0.25, 0.3) is 0 Å². The lowest BCUT2D eigenvalue weighted by molar-refractivity contribution is 0.284. The molecule has 8 heteroatoms. The molecule has 0 aliphatic carbocycles. The normalized spacial score (nSPS) is 10.7. The number of nitrogens with one attached hydrogen (secondary N) is 1. The molecule has 0 saturated heterocycles. The van der Waals surface area contributed by atoms with Crippen LogP contribution in [0, 0.1) is 0 Å². The van der Waals surface area contributed by atoms with E-state index in [1.165, 1.54) is 0 Å². The van der Waals surface area contributed by atoms with Crippen LogP contribution in [0.3, 0.4) is 0 Å². The van der Waals surface area contributed by atoms with E-state index in [0.717, 1.165) is 21.3 Å². The van der Waals surface area contributed by atoms with Crippen molar-refractivity contribution in [3.8, 4) is 11.5 Å². The van der Waals surface area contributed by atoms with Crippen molar-refractivity contribution in [3.63, 3.8) is 0 Å². The predicted molar refractivity (Wildman–Crippen MR) is 125 cm³/mol. The van der Waals surface area contributed by atoms with Gasteiger partial charge in [-0.3, -0.25) is 0 Å². The summed E-state index contributed by atoms with van der Waals surface area (Å²) >= 11 is 28.2. The maximum atomic E-state index is 6.22. The third-order valence-electron chi connectivity index (χ3n) is 4.17. The Morgan fingerprint density at radius 1 is 0.897 bits per heavy atom. The minimum atomic E-state index is 0.222. The Morgan fingerprint density at radius 3 is 2.28 bits per heavy atom. The zero-order valence-corrected chi connectivity index (χ0v) is 19.8. The average Bonchev–Trinajstić information content (AvgIpc) is 2.68. The van der Waals surface area contributed by atoms with E-state index in [2.05, 4.69) is 21.2 Å². The summed E-state index contributed by atoms with van der Waals surface area (Å²) in [5.41, 5.74) is 2.48. The largest absolute Gasteiger partial charge is 0.493 e. The minimum absolute atomic E-state index is 0.222. The molecule has 0 atom stereocenters. The van der Waals surface area contributed by atoms with Crippen LogP contribution >= 0.6 is 62.3 Å². The second kappa shape index (κ2) is 10.1. The monoisotopic (exact) mass is 533 g/mol. The van der Waals surface area contributed by atoms with Crippen LogP contribution in [-0.4, -0.2) is 7.11 Å². The third kappa shape index (κ3) is 5.65. The molecule has 0 unspecified atom stereocenters. The molecule has 0 aliphatic rings. The van der Waals surface area contributed by atoms with Crippen LogP contribution in [-0.2, 0) is 13.2 Å². The fraction of sp³-hybridized carbons (Fsp3) is 0.143. The first-order valence-corrected chi connectivity index (χ1v) is 10.8. The Kier molecular flexibility index (Phi) is 7.83. The molecule has 1 N–H and O–H groups in total. The zero-order chi connectivity index (χ0) is 21.0. The molecule has 0 fully saturated rings. The molecule has 3 aromatic rings. The molecule has 0 spiro atoms. The number of benzene rings is 3. The number of methoxy groups -OCH3 is 1. The SMILES string of the molecule is COc1cc(CNc2ccc(Cl)cc2Cl)c(Br)cc1OCc1c(Cl)cccc1Cl. The fourth-order valence-electron chi connectivity index (χ4n) is 2.63. The number of rotatable bonds is 7. The van der Waals surface area contributed by atoms with Gasteiger partial charge in [0.15, 0.2) is 11.5 Å². The van der Waals surface area contributed by atoms with Crippen molar-refractivity contribution < 1.29 is 9.47 Å². The molecule has 0 aliphatic heterocycles. The van der Waals surface area contributed by atoms with E-state index in [1.807, 2.05) is 18.2 Å². The van der Waals surface area contributed by atoms with E-state index in [-0.39, 0.29) is 6.61 Å². The second-order valence-corrected chi connectivity index (χ2v) is 8.57. The van der Waals surface area contributed by atoms with E-state index in [9.17, 15) is 0 Å². The Balaban J connectivity index is 1.76. The van der Waals surface area contributed by atoms with Crippen LogP contribution in [0.2, 0.25) is 20.1 Å². The lowest BCUT2D eigenvalue weighted by Crippen LogP contribution is -2.04. The van der Waals surface area contributed by atoms with Gasteiger partial charge in [-0.05, 0) is 48.0 Å². The van der Waals surface area contributed by atoms with Gasteiger partial charge in [-0.25, -0.2) is 0 Å². The van der Waals surface area contributed by atoms with E-state index in [1.54, 1.807) is 37.4 Å². The smallest absolute Gasteiger partial charge is 0.162 e. The summed E-state index contributed by atoms with van der Waals surface area (Å²) in [6.45, 7) is 0.744. The van der Waals surface area contributed by atoms with Crippen molar-refractivity contribution in [2.24, 2.45) is 0 Å². The van der Waals surface area contributed by atoms with Crippen LogP contribution in [0.1, 0.15) is 11.1 Å². The van der Waals surface area contributed by atoms with E-state index >= 15 is 0 Å². The van der Waals surface area contributed by atoms with Gasteiger partial charge in [0, 0.05) is 31.6 Å². The number of hydrogen-bond acceptors (Lipinski definition) is 3.